The van der Waals surface area contributed by atoms with E-state index in [0.29, 0.717) is 5.56 Å². The molecule has 0 aliphatic carbocycles. The smallest absolute Gasteiger partial charge is 0.338 e. The van der Waals surface area contributed by atoms with E-state index in [1.807, 2.05) is 13.8 Å². The molecule has 0 atom stereocenters. The van der Waals surface area contributed by atoms with Crippen LogP contribution in [0.1, 0.15) is 29.8 Å². The topological polar surface area (TPSA) is 86.5 Å². The van der Waals surface area contributed by atoms with E-state index in [2.05, 4.69) is 0 Å². The Kier molecular flexibility index (Phi) is 4.95. The van der Waals surface area contributed by atoms with E-state index in [0.717, 1.165) is 0 Å². The minimum Gasteiger partial charge on any atom is -0.462 e. The van der Waals surface area contributed by atoms with Crippen molar-refractivity contribution >= 4 is 27.6 Å². The first-order valence-electron chi connectivity index (χ1n) is 5.63. The molecule has 7 heteroatoms. The van der Waals surface area contributed by atoms with Crippen molar-refractivity contribution in [1.29, 1.82) is 0 Å². The second-order valence-corrected chi connectivity index (χ2v) is 6.56. The Morgan fingerprint density at radius 1 is 1.42 bits per heavy atom. The first-order valence-corrected chi connectivity index (χ1v) is 7.55. The van der Waals surface area contributed by atoms with E-state index >= 15 is 0 Å². The molecule has 0 saturated carbocycles. The Labute approximate surface area is 117 Å². The average Bonchev–Trinajstić information content (AvgIpc) is 2.27. The molecule has 2 N–H and O–H groups in total. The van der Waals surface area contributed by atoms with E-state index in [4.69, 9.17) is 21.5 Å². The third kappa shape index (κ3) is 4.19. The number of benzene rings is 1. The zero-order chi connectivity index (χ0) is 14.8. The van der Waals surface area contributed by atoms with Crippen molar-refractivity contribution < 1.29 is 17.9 Å². The Balaban J connectivity index is 3.18. The number of hydrogen-bond acceptors (Lipinski definition) is 4. The number of primary sulfonamides is 1. The lowest BCUT2D eigenvalue weighted by molar-refractivity contribution is 0.0458. The number of esters is 1. The van der Waals surface area contributed by atoms with Gasteiger partial charge in [-0.05, 0) is 30.5 Å². The van der Waals surface area contributed by atoms with Crippen molar-refractivity contribution in [3.05, 3.63) is 28.3 Å². The predicted octanol–water partition coefficient (Wildman–Crippen LogP) is 2.11. The quantitative estimate of drug-likeness (QED) is 0.863. The van der Waals surface area contributed by atoms with Crippen molar-refractivity contribution in [2.75, 3.05) is 6.61 Å². The molecule has 1 aromatic carbocycles. The molecular formula is C12H16ClNO4S. The van der Waals surface area contributed by atoms with Crippen LogP contribution in [0.25, 0.3) is 0 Å². The maximum absolute atomic E-state index is 11.8. The third-order valence-corrected chi connectivity index (χ3v) is 3.82. The molecule has 0 aliphatic rings. The van der Waals surface area contributed by atoms with Gasteiger partial charge in [-0.1, -0.05) is 25.4 Å². The second-order valence-electron chi connectivity index (χ2n) is 4.62. The monoisotopic (exact) mass is 305 g/mol. The van der Waals surface area contributed by atoms with Crippen LogP contribution in [0.15, 0.2) is 17.0 Å². The Hall–Kier alpha value is -1.11. The molecule has 19 heavy (non-hydrogen) atoms. The molecule has 0 saturated heterocycles. The van der Waals surface area contributed by atoms with E-state index in [-0.39, 0.29) is 28.0 Å². The number of carbonyl (C=O) groups is 1. The van der Waals surface area contributed by atoms with E-state index in [1.54, 1.807) is 0 Å². The number of ether oxygens (including phenoxy) is 1. The number of halogens is 1. The van der Waals surface area contributed by atoms with Gasteiger partial charge in [-0.3, -0.25) is 0 Å². The molecule has 1 rings (SSSR count). The molecule has 1 aromatic rings. The summed E-state index contributed by atoms with van der Waals surface area (Å²) in [5.41, 5.74) is 0.379. The Morgan fingerprint density at radius 3 is 2.47 bits per heavy atom. The van der Waals surface area contributed by atoms with Crippen molar-refractivity contribution in [3.63, 3.8) is 0 Å². The van der Waals surface area contributed by atoms with Crippen LogP contribution in [0.5, 0.6) is 0 Å². The van der Waals surface area contributed by atoms with E-state index < -0.39 is 16.0 Å². The fourth-order valence-electron chi connectivity index (χ4n) is 1.39. The third-order valence-electron chi connectivity index (χ3n) is 2.39. The van der Waals surface area contributed by atoms with Crippen LogP contribution in [0.3, 0.4) is 0 Å². The number of sulfonamides is 1. The molecule has 0 heterocycles. The summed E-state index contributed by atoms with van der Waals surface area (Å²) in [4.78, 5) is 11.6. The Bertz CT molecular complexity index is 596. The lowest BCUT2D eigenvalue weighted by Gasteiger charge is -2.10. The maximum Gasteiger partial charge on any atom is 0.338 e. The van der Waals surface area contributed by atoms with Crippen molar-refractivity contribution in [2.45, 2.75) is 25.7 Å². The summed E-state index contributed by atoms with van der Waals surface area (Å²) in [6, 6.07) is 2.55. The van der Waals surface area contributed by atoms with Gasteiger partial charge >= 0.3 is 5.97 Å². The highest BCUT2D eigenvalue weighted by molar-refractivity contribution is 7.89. The lowest BCUT2D eigenvalue weighted by Crippen LogP contribution is -2.16. The van der Waals surface area contributed by atoms with Crippen molar-refractivity contribution in [2.24, 2.45) is 11.1 Å². The summed E-state index contributed by atoms with van der Waals surface area (Å²) >= 11 is 5.90. The molecule has 0 bridgehead atoms. The minimum absolute atomic E-state index is 0.0697. The second kappa shape index (κ2) is 5.90. The maximum atomic E-state index is 11.8. The molecule has 0 unspecified atom stereocenters. The summed E-state index contributed by atoms with van der Waals surface area (Å²) < 4.78 is 27.8. The first kappa shape index (κ1) is 15.9. The molecule has 106 valence electrons. The minimum atomic E-state index is -3.94. The highest BCUT2D eigenvalue weighted by atomic mass is 35.5. The van der Waals surface area contributed by atoms with Gasteiger partial charge in [-0.15, -0.1) is 0 Å². The van der Waals surface area contributed by atoms with Gasteiger partial charge in [0.25, 0.3) is 0 Å². The molecular weight excluding hydrogens is 290 g/mol. The fourth-order valence-corrected chi connectivity index (χ4v) is 2.50. The summed E-state index contributed by atoms with van der Waals surface area (Å²) in [5.74, 6) is -0.442. The summed E-state index contributed by atoms with van der Waals surface area (Å²) in [7, 11) is -3.94. The summed E-state index contributed by atoms with van der Waals surface area (Å²) in [5, 5.41) is 5.23. The zero-order valence-corrected chi connectivity index (χ0v) is 12.5. The summed E-state index contributed by atoms with van der Waals surface area (Å²) in [6.07, 6.45) is 0. The van der Waals surface area contributed by atoms with Crippen LogP contribution < -0.4 is 5.14 Å². The molecule has 0 radical (unpaired) electrons. The number of rotatable bonds is 4. The van der Waals surface area contributed by atoms with E-state index in [9.17, 15) is 13.2 Å². The summed E-state index contributed by atoms with van der Waals surface area (Å²) in [6.45, 7) is 5.55. The molecule has 0 fully saturated rings. The normalized spacial score (nSPS) is 11.7. The van der Waals surface area contributed by atoms with Gasteiger partial charge in [0.2, 0.25) is 10.0 Å². The van der Waals surface area contributed by atoms with Crippen LogP contribution in [0.2, 0.25) is 5.02 Å². The molecule has 0 amide bonds. The molecule has 5 nitrogen and oxygen atoms in total. The molecule has 0 aromatic heterocycles. The number of nitrogens with two attached hydrogens (primary N) is 1. The van der Waals surface area contributed by atoms with Crippen molar-refractivity contribution in [1.82, 2.24) is 0 Å². The standard InChI is InChI=1S/C12H16ClNO4S/c1-7(2)6-18-12(15)9-4-10(13)8(3)11(5-9)19(14,16)17/h4-5,7H,6H2,1-3H3,(H2,14,16,17). The van der Waals surface area contributed by atoms with Gasteiger partial charge in [0.15, 0.2) is 0 Å². The van der Waals surface area contributed by atoms with Crippen LogP contribution in [0.4, 0.5) is 0 Å². The first-order chi connectivity index (χ1) is 8.62. The zero-order valence-electron chi connectivity index (χ0n) is 10.9. The van der Waals surface area contributed by atoms with Gasteiger partial charge in [-0.2, -0.15) is 0 Å². The van der Waals surface area contributed by atoms with Gasteiger partial charge in [0.1, 0.15) is 0 Å². The number of hydrogen-bond donors (Lipinski definition) is 1. The highest BCUT2D eigenvalue weighted by Gasteiger charge is 2.19. The van der Waals surface area contributed by atoms with Crippen LogP contribution >= 0.6 is 11.6 Å². The number of carbonyl (C=O) groups excluding carboxylic acids is 1. The highest BCUT2D eigenvalue weighted by Crippen LogP contribution is 2.25. The van der Waals surface area contributed by atoms with E-state index in [1.165, 1.54) is 19.1 Å². The average molecular weight is 306 g/mol. The van der Waals surface area contributed by atoms with Gasteiger partial charge in [-0.25, -0.2) is 18.4 Å². The van der Waals surface area contributed by atoms with Gasteiger partial charge < -0.3 is 4.74 Å². The van der Waals surface area contributed by atoms with Crippen LogP contribution in [-0.2, 0) is 14.8 Å². The van der Waals surface area contributed by atoms with Gasteiger partial charge in [0.05, 0.1) is 17.1 Å². The van der Waals surface area contributed by atoms with Crippen LogP contribution in [-0.4, -0.2) is 21.0 Å². The largest absolute Gasteiger partial charge is 0.462 e. The fraction of sp³-hybridized carbons (Fsp3) is 0.417. The van der Waals surface area contributed by atoms with Crippen LogP contribution in [0, 0.1) is 12.8 Å². The van der Waals surface area contributed by atoms with Crippen molar-refractivity contribution in [3.8, 4) is 0 Å². The lowest BCUT2D eigenvalue weighted by atomic mass is 10.1. The SMILES string of the molecule is Cc1c(Cl)cc(C(=O)OCC(C)C)cc1S(N)(=O)=O. The molecule has 0 aliphatic heterocycles. The predicted molar refractivity (Wildman–Crippen MR) is 72.7 cm³/mol. The van der Waals surface area contributed by atoms with Gasteiger partial charge in [0, 0.05) is 5.02 Å². The Morgan fingerprint density at radius 2 is 2.00 bits per heavy atom. The molecule has 0 spiro atoms.